The van der Waals surface area contributed by atoms with Crippen molar-refractivity contribution in [2.24, 2.45) is 0 Å². The number of amides is 3. The molecule has 0 aliphatic carbocycles. The second-order valence-electron chi connectivity index (χ2n) is 7.18. The minimum Gasteiger partial charge on any atom is -0.494 e. The molecule has 7 nitrogen and oxygen atoms in total. The van der Waals surface area contributed by atoms with Crippen LogP contribution >= 0.6 is 0 Å². The number of aryl methyl sites for hydroxylation is 1. The Balaban J connectivity index is 1.25. The quantitative estimate of drug-likeness (QED) is 0.524. The fourth-order valence-corrected chi connectivity index (χ4v) is 3.21. The number of benzene rings is 2. The first kappa shape index (κ1) is 21.4. The van der Waals surface area contributed by atoms with Gasteiger partial charge in [0.1, 0.15) is 5.75 Å². The number of nitrogens with one attached hydrogen (secondary N) is 3. The maximum absolute atomic E-state index is 11.9. The predicted octanol–water partition coefficient (Wildman–Crippen LogP) is 2.21. The molecule has 3 N–H and O–H groups in total. The summed E-state index contributed by atoms with van der Waals surface area (Å²) in [6, 6.07) is 15.1. The van der Waals surface area contributed by atoms with Gasteiger partial charge in [-0.15, -0.1) is 0 Å². The highest BCUT2D eigenvalue weighted by atomic mass is 16.5. The van der Waals surface area contributed by atoms with Crippen molar-refractivity contribution in [3.8, 4) is 5.75 Å². The minimum absolute atomic E-state index is 0.0398. The molecule has 0 unspecified atom stereocenters. The Morgan fingerprint density at radius 2 is 1.73 bits per heavy atom. The largest absolute Gasteiger partial charge is 0.494 e. The minimum atomic E-state index is -0.0657. The first-order valence-corrected chi connectivity index (χ1v) is 10.2. The molecule has 2 aromatic carbocycles. The molecule has 0 bridgehead atoms. The molecule has 30 heavy (non-hydrogen) atoms. The Hall–Kier alpha value is -3.35. The van der Waals surface area contributed by atoms with Gasteiger partial charge in [-0.3, -0.25) is 14.4 Å². The number of anilines is 1. The fourth-order valence-electron chi connectivity index (χ4n) is 3.21. The summed E-state index contributed by atoms with van der Waals surface area (Å²) in [5.41, 5.74) is 2.87. The van der Waals surface area contributed by atoms with Crippen molar-refractivity contribution >= 4 is 23.4 Å². The van der Waals surface area contributed by atoms with E-state index in [1.165, 1.54) is 0 Å². The molecule has 7 heteroatoms. The highest BCUT2D eigenvalue weighted by Crippen LogP contribution is 2.26. The summed E-state index contributed by atoms with van der Waals surface area (Å²) < 4.78 is 5.71. The lowest BCUT2D eigenvalue weighted by molar-refractivity contribution is -0.122. The Morgan fingerprint density at radius 3 is 2.53 bits per heavy atom. The number of ether oxygens (including phenoxy) is 1. The first-order valence-electron chi connectivity index (χ1n) is 10.2. The lowest BCUT2D eigenvalue weighted by Gasteiger charge is -2.17. The van der Waals surface area contributed by atoms with Crippen molar-refractivity contribution < 1.29 is 19.1 Å². The van der Waals surface area contributed by atoms with E-state index in [4.69, 9.17) is 4.74 Å². The number of hydrogen-bond acceptors (Lipinski definition) is 4. The lowest BCUT2D eigenvalue weighted by atomic mass is 10.0. The molecule has 0 fully saturated rings. The molecular formula is C23H27N3O4. The molecule has 0 radical (unpaired) electrons. The van der Waals surface area contributed by atoms with Gasteiger partial charge >= 0.3 is 0 Å². The summed E-state index contributed by atoms with van der Waals surface area (Å²) in [5, 5.41) is 8.43. The second kappa shape index (κ2) is 11.0. The van der Waals surface area contributed by atoms with E-state index in [-0.39, 0.29) is 17.7 Å². The van der Waals surface area contributed by atoms with Crippen LogP contribution in [0, 0.1) is 0 Å². The summed E-state index contributed by atoms with van der Waals surface area (Å²) in [6.45, 7) is 1.24. The molecule has 0 saturated heterocycles. The molecule has 2 aromatic rings. The van der Waals surface area contributed by atoms with Crippen LogP contribution < -0.4 is 20.7 Å². The molecule has 0 atom stereocenters. The van der Waals surface area contributed by atoms with Gasteiger partial charge in [0.25, 0.3) is 0 Å². The van der Waals surface area contributed by atoms with Crippen molar-refractivity contribution in [2.75, 3.05) is 25.0 Å². The van der Waals surface area contributed by atoms with Crippen LogP contribution in [0.1, 0.15) is 30.4 Å². The van der Waals surface area contributed by atoms with Crippen LogP contribution in [0.4, 0.5) is 5.69 Å². The fraction of sp³-hybridized carbons (Fsp3) is 0.348. The first-order chi connectivity index (χ1) is 14.6. The van der Waals surface area contributed by atoms with E-state index in [1.807, 2.05) is 48.5 Å². The molecule has 3 rings (SSSR count). The molecule has 1 aliphatic rings. The molecule has 1 heterocycles. The topological polar surface area (TPSA) is 96.5 Å². The zero-order valence-corrected chi connectivity index (χ0v) is 16.9. The van der Waals surface area contributed by atoms with Crippen LogP contribution in [-0.4, -0.2) is 37.4 Å². The summed E-state index contributed by atoms with van der Waals surface area (Å²) in [6.07, 6.45) is 2.49. The summed E-state index contributed by atoms with van der Waals surface area (Å²) in [7, 11) is 0. The third-order valence-corrected chi connectivity index (χ3v) is 4.77. The molecule has 0 spiro atoms. The van der Waals surface area contributed by atoms with Gasteiger partial charge in [0, 0.05) is 31.6 Å². The number of hydrogen-bond donors (Lipinski definition) is 3. The molecule has 158 valence electrons. The number of rotatable bonds is 10. The van der Waals surface area contributed by atoms with E-state index in [2.05, 4.69) is 16.0 Å². The molecule has 1 aliphatic heterocycles. The van der Waals surface area contributed by atoms with E-state index >= 15 is 0 Å². The van der Waals surface area contributed by atoms with E-state index in [1.54, 1.807) is 0 Å². The van der Waals surface area contributed by atoms with Gasteiger partial charge in [-0.05, 0) is 42.2 Å². The van der Waals surface area contributed by atoms with Crippen LogP contribution in [0.3, 0.4) is 0 Å². The van der Waals surface area contributed by atoms with Gasteiger partial charge in [-0.1, -0.05) is 30.3 Å². The summed E-state index contributed by atoms with van der Waals surface area (Å²) in [5.74, 6) is 0.655. The van der Waals surface area contributed by atoms with Crippen LogP contribution in [0.15, 0.2) is 48.5 Å². The normalized spacial score (nSPS) is 12.5. The van der Waals surface area contributed by atoms with Gasteiger partial charge in [-0.2, -0.15) is 0 Å². The van der Waals surface area contributed by atoms with Crippen molar-refractivity contribution in [1.82, 2.24) is 10.6 Å². The average molecular weight is 409 g/mol. The maximum Gasteiger partial charge on any atom is 0.224 e. The van der Waals surface area contributed by atoms with E-state index < -0.39 is 0 Å². The predicted molar refractivity (Wildman–Crippen MR) is 114 cm³/mol. The third-order valence-electron chi connectivity index (χ3n) is 4.77. The van der Waals surface area contributed by atoms with Crippen LogP contribution in [0.5, 0.6) is 5.75 Å². The van der Waals surface area contributed by atoms with Crippen molar-refractivity contribution in [2.45, 2.75) is 32.1 Å². The highest BCUT2D eigenvalue weighted by Gasteiger charge is 2.15. The van der Waals surface area contributed by atoms with Gasteiger partial charge in [0.05, 0.1) is 13.0 Å². The Labute approximate surface area is 176 Å². The summed E-state index contributed by atoms with van der Waals surface area (Å²) >= 11 is 0. The van der Waals surface area contributed by atoms with Gasteiger partial charge in [0.2, 0.25) is 17.7 Å². The number of fused-ring (bicyclic) bond motifs is 1. The molecular weight excluding hydrogens is 382 g/mol. The molecule has 0 saturated carbocycles. The van der Waals surface area contributed by atoms with E-state index in [0.29, 0.717) is 51.8 Å². The zero-order chi connectivity index (χ0) is 21.2. The lowest BCUT2D eigenvalue weighted by Crippen LogP contribution is -2.35. The Kier molecular flexibility index (Phi) is 7.83. The molecule has 0 aromatic heterocycles. The maximum atomic E-state index is 11.9. The summed E-state index contributed by atoms with van der Waals surface area (Å²) in [4.78, 5) is 35.1. The average Bonchev–Trinajstić information content (AvgIpc) is 2.75. The van der Waals surface area contributed by atoms with Crippen LogP contribution in [-0.2, 0) is 27.2 Å². The Morgan fingerprint density at radius 1 is 0.967 bits per heavy atom. The van der Waals surface area contributed by atoms with E-state index in [0.717, 1.165) is 22.6 Å². The Bertz CT molecular complexity index is 883. The second-order valence-corrected chi connectivity index (χ2v) is 7.18. The van der Waals surface area contributed by atoms with E-state index in [9.17, 15) is 14.4 Å². The SMILES string of the molecule is O=C(CCCOc1ccc2c(c1)CCC(=O)N2)NCCNC(=O)Cc1ccccc1. The highest BCUT2D eigenvalue weighted by molar-refractivity contribution is 5.94. The standard InChI is InChI=1S/C23H27N3O4/c27-21(24-12-13-25-23(29)15-17-5-2-1-3-6-17)7-4-14-30-19-9-10-20-18(16-19)8-11-22(28)26-20/h1-3,5-6,9-10,16H,4,7-8,11-15H2,(H,24,27)(H,25,29)(H,26,28). The molecule has 3 amide bonds. The number of carbonyl (C=O) groups excluding carboxylic acids is 3. The van der Waals surface area contributed by atoms with Crippen LogP contribution in [0.25, 0.3) is 0 Å². The van der Waals surface area contributed by atoms with Crippen molar-refractivity contribution in [1.29, 1.82) is 0 Å². The zero-order valence-electron chi connectivity index (χ0n) is 16.9. The third kappa shape index (κ3) is 6.92. The smallest absolute Gasteiger partial charge is 0.224 e. The van der Waals surface area contributed by atoms with Gasteiger partial charge in [0.15, 0.2) is 0 Å². The number of carbonyl (C=O) groups is 3. The van der Waals surface area contributed by atoms with Crippen molar-refractivity contribution in [3.05, 3.63) is 59.7 Å². The van der Waals surface area contributed by atoms with Crippen LogP contribution in [0.2, 0.25) is 0 Å². The van der Waals surface area contributed by atoms with Gasteiger partial charge < -0.3 is 20.7 Å². The van der Waals surface area contributed by atoms with Crippen molar-refractivity contribution in [3.63, 3.8) is 0 Å². The van der Waals surface area contributed by atoms with Gasteiger partial charge in [-0.25, -0.2) is 0 Å². The monoisotopic (exact) mass is 409 g/mol.